The van der Waals surface area contributed by atoms with Gasteiger partial charge in [-0.1, -0.05) is 97.1 Å². The number of hydrogen-bond donors (Lipinski definition) is 0. The highest BCUT2D eigenvalue weighted by atomic mass is 28.4. The Balaban J connectivity index is 5.14. The maximum Gasteiger partial charge on any atom is 0.192 e. The maximum atomic E-state index is 6.73. The van der Waals surface area contributed by atoms with E-state index in [4.69, 9.17) is 4.43 Å². The molecule has 0 spiro atoms. The summed E-state index contributed by atoms with van der Waals surface area (Å²) in [5, 5.41) is 1.75. The zero-order chi connectivity index (χ0) is 18.5. The predicted octanol–water partition coefficient (Wildman–Crippen LogP) is 7.95. The summed E-state index contributed by atoms with van der Waals surface area (Å²) in [4.78, 5) is 0. The number of rotatable bonds is 15. The molecular weight excluding hydrogens is 324 g/mol. The highest BCUT2D eigenvalue weighted by Gasteiger charge is 2.34. The summed E-state index contributed by atoms with van der Waals surface area (Å²) in [6.07, 6.45) is 9.35. The summed E-state index contributed by atoms with van der Waals surface area (Å²) in [6, 6.07) is 7.93. The highest BCUT2D eigenvalue weighted by molar-refractivity contribution is 6.86. The van der Waals surface area contributed by atoms with Crippen LogP contribution in [0.2, 0.25) is 36.3 Å². The van der Waals surface area contributed by atoms with Crippen LogP contribution in [0.1, 0.15) is 80.6 Å². The van der Waals surface area contributed by atoms with Gasteiger partial charge in [0, 0.05) is 0 Å². The summed E-state index contributed by atoms with van der Waals surface area (Å²) < 4.78 is 6.73. The molecule has 0 radical (unpaired) electrons. The summed E-state index contributed by atoms with van der Waals surface area (Å²) >= 11 is 0. The van der Waals surface area contributed by atoms with Crippen LogP contribution in [0.5, 0.6) is 0 Å². The Morgan fingerprint density at radius 3 is 1.67 bits per heavy atom. The zero-order valence-corrected chi connectivity index (χ0v) is 20.0. The van der Waals surface area contributed by atoms with Gasteiger partial charge in [-0.05, 0) is 31.0 Å². The first-order valence-electron chi connectivity index (χ1n) is 10.9. The molecule has 0 amide bonds. The summed E-state index contributed by atoms with van der Waals surface area (Å²) in [7, 11) is -2.77. The fraction of sp³-hybridized carbons (Fsp3) is 0.905. The van der Waals surface area contributed by atoms with Crippen molar-refractivity contribution < 1.29 is 4.43 Å². The van der Waals surface area contributed by atoms with Crippen molar-refractivity contribution in [1.82, 2.24) is 0 Å². The third-order valence-electron chi connectivity index (χ3n) is 6.63. The Kier molecular flexibility index (Phi) is 13.4. The van der Waals surface area contributed by atoms with Crippen LogP contribution in [0.4, 0.5) is 0 Å². The standard InChI is InChI=1S/C21H46OSi2/c1-8-15-16-17-18-19-21(23(9-2,10-3)11-4)20-22-24(12-5,13-6)14-7/h19H,8-18,20H2,1-7H3/b21-19-. The summed E-state index contributed by atoms with van der Waals surface area (Å²) in [6.45, 7) is 17.6. The topological polar surface area (TPSA) is 9.23 Å². The van der Waals surface area contributed by atoms with E-state index in [9.17, 15) is 0 Å². The van der Waals surface area contributed by atoms with Gasteiger partial charge in [0.25, 0.3) is 0 Å². The molecule has 3 heteroatoms. The van der Waals surface area contributed by atoms with Gasteiger partial charge in [0.05, 0.1) is 14.7 Å². The molecule has 0 aliphatic carbocycles. The molecule has 0 heterocycles. The van der Waals surface area contributed by atoms with E-state index in [1.807, 2.05) is 0 Å². The molecule has 0 rings (SSSR count). The van der Waals surface area contributed by atoms with E-state index >= 15 is 0 Å². The van der Waals surface area contributed by atoms with E-state index in [1.165, 1.54) is 68.4 Å². The van der Waals surface area contributed by atoms with Crippen LogP contribution in [-0.2, 0) is 4.43 Å². The van der Waals surface area contributed by atoms with Gasteiger partial charge in [0.2, 0.25) is 0 Å². The van der Waals surface area contributed by atoms with Crippen LogP contribution in [-0.4, -0.2) is 23.0 Å². The van der Waals surface area contributed by atoms with Crippen molar-refractivity contribution in [3.05, 3.63) is 11.3 Å². The van der Waals surface area contributed by atoms with E-state index in [0.29, 0.717) is 0 Å². The molecule has 0 aromatic heterocycles. The summed E-state index contributed by atoms with van der Waals surface area (Å²) in [5.41, 5.74) is 0. The van der Waals surface area contributed by atoms with Gasteiger partial charge in [0.15, 0.2) is 8.32 Å². The van der Waals surface area contributed by atoms with Crippen molar-refractivity contribution in [2.45, 2.75) is 117 Å². The van der Waals surface area contributed by atoms with Gasteiger partial charge >= 0.3 is 0 Å². The van der Waals surface area contributed by atoms with Crippen LogP contribution >= 0.6 is 0 Å². The Morgan fingerprint density at radius 2 is 1.25 bits per heavy atom. The first kappa shape index (κ1) is 24.1. The summed E-state index contributed by atoms with van der Waals surface area (Å²) in [5.74, 6) is 0. The largest absolute Gasteiger partial charge is 0.413 e. The van der Waals surface area contributed by atoms with Crippen LogP contribution in [0.25, 0.3) is 0 Å². The van der Waals surface area contributed by atoms with Gasteiger partial charge in [-0.2, -0.15) is 0 Å². The monoisotopic (exact) mass is 370 g/mol. The second kappa shape index (κ2) is 13.4. The molecule has 1 nitrogen and oxygen atoms in total. The number of unbranched alkanes of at least 4 members (excludes halogenated alkanes) is 4. The van der Waals surface area contributed by atoms with Gasteiger partial charge in [-0.15, -0.1) is 0 Å². The molecule has 0 N–H and O–H groups in total. The first-order valence-corrected chi connectivity index (χ1v) is 16.0. The van der Waals surface area contributed by atoms with E-state index in [1.54, 1.807) is 5.20 Å². The second-order valence-electron chi connectivity index (χ2n) is 7.45. The number of allylic oxidation sites excluding steroid dienone is 1. The lowest BCUT2D eigenvalue weighted by Crippen LogP contribution is -2.41. The van der Waals surface area contributed by atoms with Crippen molar-refractivity contribution in [3.63, 3.8) is 0 Å². The van der Waals surface area contributed by atoms with Gasteiger partial charge in [0.1, 0.15) is 0 Å². The van der Waals surface area contributed by atoms with Crippen LogP contribution in [0.3, 0.4) is 0 Å². The average molecular weight is 371 g/mol. The Hall–Kier alpha value is 0.134. The SMILES string of the molecule is CCCCCC/C=C(/CO[Si](CC)(CC)CC)[Si](CC)(CC)CC. The minimum Gasteiger partial charge on any atom is -0.413 e. The lowest BCUT2D eigenvalue weighted by molar-refractivity contribution is 0.337. The molecule has 0 bridgehead atoms. The van der Waals surface area contributed by atoms with Crippen molar-refractivity contribution in [1.29, 1.82) is 0 Å². The van der Waals surface area contributed by atoms with Crippen molar-refractivity contribution in [2.24, 2.45) is 0 Å². The maximum absolute atomic E-state index is 6.73. The molecule has 0 aromatic carbocycles. The smallest absolute Gasteiger partial charge is 0.192 e. The highest BCUT2D eigenvalue weighted by Crippen LogP contribution is 2.31. The predicted molar refractivity (Wildman–Crippen MR) is 117 cm³/mol. The Labute approximate surface area is 155 Å². The van der Waals surface area contributed by atoms with E-state index in [-0.39, 0.29) is 0 Å². The van der Waals surface area contributed by atoms with Crippen LogP contribution in [0, 0.1) is 0 Å². The average Bonchev–Trinajstić information content (AvgIpc) is 2.64. The lowest BCUT2D eigenvalue weighted by atomic mass is 10.1. The van der Waals surface area contributed by atoms with Crippen LogP contribution in [0.15, 0.2) is 11.3 Å². The molecule has 24 heavy (non-hydrogen) atoms. The van der Waals surface area contributed by atoms with E-state index in [2.05, 4.69) is 54.5 Å². The minimum atomic E-state index is -1.48. The third kappa shape index (κ3) is 7.17. The number of hydrogen-bond acceptors (Lipinski definition) is 1. The Bertz CT molecular complexity index is 314. The van der Waals surface area contributed by atoms with Crippen molar-refractivity contribution >= 4 is 16.4 Å². The van der Waals surface area contributed by atoms with Gasteiger partial charge < -0.3 is 4.43 Å². The normalized spacial score (nSPS) is 13.5. The third-order valence-corrected chi connectivity index (χ3v) is 17.0. The minimum absolute atomic E-state index is 0.956. The second-order valence-corrected chi connectivity index (χ2v) is 17.6. The fourth-order valence-corrected chi connectivity index (χ4v) is 10.5. The van der Waals surface area contributed by atoms with Gasteiger partial charge in [-0.25, -0.2) is 0 Å². The molecule has 0 saturated carbocycles. The first-order chi connectivity index (χ1) is 11.5. The molecule has 144 valence electrons. The van der Waals surface area contributed by atoms with Gasteiger partial charge in [-0.3, -0.25) is 0 Å². The lowest BCUT2D eigenvalue weighted by Gasteiger charge is -2.35. The molecule has 0 saturated heterocycles. The van der Waals surface area contributed by atoms with Crippen LogP contribution < -0.4 is 0 Å². The van der Waals surface area contributed by atoms with E-state index < -0.39 is 16.4 Å². The molecule has 0 aliphatic heterocycles. The fourth-order valence-electron chi connectivity index (χ4n) is 3.99. The van der Waals surface area contributed by atoms with E-state index in [0.717, 1.165) is 6.61 Å². The van der Waals surface area contributed by atoms with Crippen molar-refractivity contribution in [2.75, 3.05) is 6.61 Å². The molecule has 0 fully saturated rings. The quantitative estimate of drug-likeness (QED) is 0.210. The van der Waals surface area contributed by atoms with Crippen molar-refractivity contribution in [3.8, 4) is 0 Å². The Morgan fingerprint density at radius 1 is 0.708 bits per heavy atom. The molecule has 0 aromatic rings. The molecule has 0 atom stereocenters. The molecule has 0 unspecified atom stereocenters. The molecule has 0 aliphatic rings. The zero-order valence-electron chi connectivity index (χ0n) is 18.0. The molecular formula is C21H46OSi2.